The minimum absolute atomic E-state index is 0. The van der Waals surface area contributed by atoms with Gasteiger partial charge in [0.15, 0.2) is 0 Å². The van der Waals surface area contributed by atoms with Gasteiger partial charge >= 0.3 is 0 Å². The summed E-state index contributed by atoms with van der Waals surface area (Å²) in [5, 5.41) is 2.51. The number of hydrogen-bond donors (Lipinski definition) is 0. The number of benzene rings is 2. The third-order valence-corrected chi connectivity index (χ3v) is 6.35. The maximum Gasteiger partial charge on any atom is 0.0750 e. The van der Waals surface area contributed by atoms with Crippen LogP contribution in [0, 0.1) is 0 Å². The molecule has 0 saturated carbocycles. The van der Waals surface area contributed by atoms with Gasteiger partial charge in [0.25, 0.3) is 0 Å². The standard InChI is InChI=1S/C14H13Cl2P.Pd/c15-11-14(16)17(12-7-3-1-4-8-12)13-9-5-2-6-10-13;/h1-10,14H,11H2;. The van der Waals surface area contributed by atoms with Crippen molar-refractivity contribution in [3.8, 4) is 0 Å². The molecular formula is C14H13Cl2PPd. The van der Waals surface area contributed by atoms with Gasteiger partial charge in [0.2, 0.25) is 0 Å². The summed E-state index contributed by atoms with van der Waals surface area (Å²) in [4.78, 5) is 0. The molecule has 0 aliphatic carbocycles. The van der Waals surface area contributed by atoms with Crippen molar-refractivity contribution in [3.05, 3.63) is 60.7 Å². The molecule has 1 unspecified atom stereocenters. The molecule has 18 heavy (non-hydrogen) atoms. The number of alkyl halides is 2. The second-order valence-corrected chi connectivity index (χ2v) is 7.17. The van der Waals surface area contributed by atoms with Crippen molar-refractivity contribution in [3.63, 3.8) is 0 Å². The van der Waals surface area contributed by atoms with E-state index in [0.29, 0.717) is 5.88 Å². The topological polar surface area (TPSA) is 0 Å². The Labute approximate surface area is 133 Å². The Morgan fingerprint density at radius 2 is 1.22 bits per heavy atom. The summed E-state index contributed by atoms with van der Waals surface area (Å²) in [5.41, 5.74) is 0. The van der Waals surface area contributed by atoms with Gasteiger partial charge in [0, 0.05) is 26.3 Å². The van der Waals surface area contributed by atoms with Crippen molar-refractivity contribution in [1.82, 2.24) is 0 Å². The van der Waals surface area contributed by atoms with E-state index < -0.39 is 7.92 Å². The molecule has 0 aliphatic heterocycles. The largest absolute Gasteiger partial charge is 0.125 e. The van der Waals surface area contributed by atoms with Crippen molar-refractivity contribution in [2.75, 3.05) is 5.88 Å². The molecule has 0 aromatic heterocycles. The van der Waals surface area contributed by atoms with Gasteiger partial charge < -0.3 is 0 Å². The molecule has 2 aromatic carbocycles. The second kappa shape index (κ2) is 8.32. The molecule has 2 rings (SSSR count). The molecule has 0 radical (unpaired) electrons. The molecule has 0 amide bonds. The van der Waals surface area contributed by atoms with Gasteiger partial charge in [-0.15, -0.1) is 23.2 Å². The molecule has 0 aliphatic rings. The fourth-order valence-electron chi connectivity index (χ4n) is 1.72. The molecule has 98 valence electrons. The summed E-state index contributed by atoms with van der Waals surface area (Å²) in [6.07, 6.45) is 0. The van der Waals surface area contributed by atoms with E-state index >= 15 is 0 Å². The summed E-state index contributed by atoms with van der Waals surface area (Å²) >= 11 is 12.3. The summed E-state index contributed by atoms with van der Waals surface area (Å²) in [6, 6.07) is 20.7. The first-order valence-electron chi connectivity index (χ1n) is 5.42. The minimum Gasteiger partial charge on any atom is -0.125 e. The van der Waals surface area contributed by atoms with Crippen molar-refractivity contribution in [2.24, 2.45) is 0 Å². The van der Waals surface area contributed by atoms with Gasteiger partial charge in [-0.2, -0.15) is 0 Å². The van der Waals surface area contributed by atoms with Crippen molar-refractivity contribution in [1.29, 1.82) is 0 Å². The molecule has 0 bridgehead atoms. The molecule has 0 fully saturated rings. The van der Waals surface area contributed by atoms with E-state index in [2.05, 4.69) is 24.3 Å². The predicted molar refractivity (Wildman–Crippen MR) is 79.4 cm³/mol. The monoisotopic (exact) mass is 388 g/mol. The van der Waals surface area contributed by atoms with E-state index in [1.165, 1.54) is 10.6 Å². The average molecular weight is 390 g/mol. The summed E-state index contributed by atoms with van der Waals surface area (Å²) in [7, 11) is -0.579. The van der Waals surface area contributed by atoms with Crippen LogP contribution in [0.2, 0.25) is 0 Å². The van der Waals surface area contributed by atoms with Crippen LogP contribution in [0.3, 0.4) is 0 Å². The van der Waals surface area contributed by atoms with Crippen LogP contribution >= 0.6 is 31.1 Å². The maximum atomic E-state index is 6.40. The third kappa shape index (κ3) is 4.06. The van der Waals surface area contributed by atoms with Crippen molar-refractivity contribution >= 4 is 41.7 Å². The summed E-state index contributed by atoms with van der Waals surface area (Å²) < 4.78 is 0. The van der Waals surface area contributed by atoms with Crippen LogP contribution in [-0.4, -0.2) is 11.0 Å². The van der Waals surface area contributed by atoms with Crippen molar-refractivity contribution < 1.29 is 20.4 Å². The Morgan fingerprint density at radius 1 is 0.833 bits per heavy atom. The first kappa shape index (κ1) is 16.2. The molecule has 0 saturated heterocycles. The van der Waals surface area contributed by atoms with E-state index in [1.807, 2.05) is 36.4 Å². The molecule has 0 spiro atoms. The number of rotatable bonds is 4. The van der Waals surface area contributed by atoms with E-state index in [4.69, 9.17) is 23.2 Å². The molecule has 2 aromatic rings. The zero-order valence-corrected chi connectivity index (χ0v) is 13.5. The normalized spacial score (nSPS) is 11.9. The Hall–Kier alpha value is 0.112. The molecule has 4 heteroatoms. The van der Waals surface area contributed by atoms with Crippen LogP contribution in [-0.2, 0) is 20.4 Å². The Morgan fingerprint density at radius 3 is 1.56 bits per heavy atom. The van der Waals surface area contributed by atoms with Crippen LogP contribution in [0.25, 0.3) is 0 Å². The second-order valence-electron chi connectivity index (χ2n) is 3.63. The van der Waals surface area contributed by atoms with E-state index in [1.54, 1.807) is 0 Å². The molecule has 1 atom stereocenters. The van der Waals surface area contributed by atoms with Crippen LogP contribution < -0.4 is 10.6 Å². The van der Waals surface area contributed by atoms with Gasteiger partial charge in [-0.1, -0.05) is 60.7 Å². The molecule has 0 nitrogen and oxygen atoms in total. The zero-order valence-electron chi connectivity index (χ0n) is 9.58. The molecule has 0 heterocycles. The van der Waals surface area contributed by atoms with Crippen molar-refractivity contribution in [2.45, 2.75) is 5.12 Å². The third-order valence-electron chi connectivity index (χ3n) is 2.48. The average Bonchev–Trinajstić information content (AvgIpc) is 2.41. The van der Waals surface area contributed by atoms with E-state index in [0.717, 1.165) is 0 Å². The summed E-state index contributed by atoms with van der Waals surface area (Å²) in [5.74, 6) is 0.469. The van der Waals surface area contributed by atoms with Gasteiger partial charge in [-0.3, -0.25) is 0 Å². The van der Waals surface area contributed by atoms with Gasteiger partial charge in [0.05, 0.1) is 5.12 Å². The van der Waals surface area contributed by atoms with Gasteiger partial charge in [-0.05, 0) is 18.5 Å². The first-order valence-corrected chi connectivity index (χ1v) is 7.80. The fourth-order valence-corrected chi connectivity index (χ4v) is 4.88. The smallest absolute Gasteiger partial charge is 0.0750 e. The first-order chi connectivity index (χ1) is 8.33. The minimum atomic E-state index is -0.579. The SMILES string of the molecule is ClCC(Cl)P(c1ccccc1)c1ccccc1.[Pd]. The Kier molecular flexibility index (Phi) is 7.47. The van der Waals surface area contributed by atoms with Crippen LogP contribution in [0.4, 0.5) is 0 Å². The van der Waals surface area contributed by atoms with E-state index in [9.17, 15) is 0 Å². The maximum absolute atomic E-state index is 6.40. The predicted octanol–water partition coefficient (Wildman–Crippen LogP) is 3.92. The Balaban J connectivity index is 0.00000162. The number of halogens is 2. The zero-order chi connectivity index (χ0) is 12.1. The molecule has 0 N–H and O–H groups in total. The fraction of sp³-hybridized carbons (Fsp3) is 0.143. The molecular weight excluding hydrogens is 376 g/mol. The van der Waals surface area contributed by atoms with Crippen LogP contribution in [0.1, 0.15) is 0 Å². The van der Waals surface area contributed by atoms with Gasteiger partial charge in [-0.25, -0.2) is 0 Å². The van der Waals surface area contributed by atoms with Gasteiger partial charge in [0.1, 0.15) is 0 Å². The van der Waals surface area contributed by atoms with Crippen LogP contribution in [0.15, 0.2) is 60.7 Å². The quantitative estimate of drug-likeness (QED) is 0.422. The summed E-state index contributed by atoms with van der Waals surface area (Å²) in [6.45, 7) is 0. The van der Waals surface area contributed by atoms with E-state index in [-0.39, 0.29) is 25.5 Å². The Bertz CT molecular complexity index is 410. The number of hydrogen-bond acceptors (Lipinski definition) is 0. The van der Waals surface area contributed by atoms with Crippen LogP contribution in [0.5, 0.6) is 0 Å².